The van der Waals surface area contributed by atoms with Crippen molar-refractivity contribution in [1.29, 1.82) is 0 Å². The molecule has 0 spiro atoms. The first-order chi connectivity index (χ1) is 8.57. The number of rotatable bonds is 1. The summed E-state index contributed by atoms with van der Waals surface area (Å²) in [5, 5.41) is 0. The summed E-state index contributed by atoms with van der Waals surface area (Å²) in [6.45, 7) is 0.635. The summed E-state index contributed by atoms with van der Waals surface area (Å²) in [6, 6.07) is 7.52. The molecule has 0 amide bonds. The molecule has 1 aromatic rings. The van der Waals surface area contributed by atoms with E-state index in [0.29, 0.717) is 19.4 Å². The van der Waals surface area contributed by atoms with E-state index in [1.807, 2.05) is 24.3 Å². The summed E-state index contributed by atoms with van der Waals surface area (Å²) in [5.41, 5.74) is 1.63. The zero-order chi connectivity index (χ0) is 12.8. The van der Waals surface area contributed by atoms with Crippen molar-refractivity contribution in [2.75, 3.05) is 23.0 Å². The number of carbonyl (C=O) groups is 1. The molecule has 0 N–H and O–H groups in total. The van der Waals surface area contributed by atoms with E-state index < -0.39 is 9.84 Å². The van der Waals surface area contributed by atoms with E-state index in [0.717, 1.165) is 11.3 Å². The molecule has 5 heteroatoms. The summed E-state index contributed by atoms with van der Waals surface area (Å²) in [7, 11) is -2.89. The van der Waals surface area contributed by atoms with Crippen LogP contribution in [0.15, 0.2) is 24.3 Å². The molecule has 18 heavy (non-hydrogen) atoms. The van der Waals surface area contributed by atoms with Crippen molar-refractivity contribution in [3.05, 3.63) is 29.8 Å². The van der Waals surface area contributed by atoms with Crippen molar-refractivity contribution < 1.29 is 13.2 Å². The van der Waals surface area contributed by atoms with Crippen LogP contribution in [0.1, 0.15) is 23.2 Å². The van der Waals surface area contributed by atoms with Crippen molar-refractivity contribution in [2.24, 2.45) is 0 Å². The quantitative estimate of drug-likeness (QED) is 0.767. The molecule has 0 bridgehead atoms. The maximum Gasteiger partial charge on any atom is 0.166 e. The van der Waals surface area contributed by atoms with Gasteiger partial charge in [-0.2, -0.15) is 0 Å². The van der Waals surface area contributed by atoms with Crippen LogP contribution >= 0.6 is 0 Å². The minimum Gasteiger partial charge on any atom is -0.366 e. The maximum absolute atomic E-state index is 11.8. The average molecular weight is 265 g/mol. The molecule has 0 aromatic heterocycles. The van der Waals surface area contributed by atoms with Crippen LogP contribution in [-0.2, 0) is 9.84 Å². The van der Waals surface area contributed by atoms with Gasteiger partial charge in [0.1, 0.15) is 0 Å². The van der Waals surface area contributed by atoms with Gasteiger partial charge in [-0.3, -0.25) is 4.79 Å². The molecular weight excluding hydrogens is 250 g/mol. The monoisotopic (exact) mass is 265 g/mol. The number of ketones is 1. The molecule has 2 aliphatic heterocycles. The smallest absolute Gasteiger partial charge is 0.166 e. The average Bonchev–Trinajstić information content (AvgIpc) is 2.70. The topological polar surface area (TPSA) is 54.5 Å². The number of Topliss-reactive ketones (excluding diaryl/α,β-unsaturated/α-hetero) is 1. The van der Waals surface area contributed by atoms with Crippen LogP contribution in [0.5, 0.6) is 0 Å². The SMILES string of the molecule is O=C1CCN(C2CCS(=O)(=O)C2)c2ccccc21. The van der Waals surface area contributed by atoms with Gasteiger partial charge < -0.3 is 4.90 Å². The second-order valence-corrected chi connectivity index (χ2v) is 7.17. The van der Waals surface area contributed by atoms with Crippen LogP contribution in [0.25, 0.3) is 0 Å². The van der Waals surface area contributed by atoms with Crippen molar-refractivity contribution in [3.63, 3.8) is 0 Å². The Labute approximate surface area is 107 Å². The summed E-state index contributed by atoms with van der Waals surface area (Å²) < 4.78 is 23.1. The third-order valence-corrected chi connectivity index (χ3v) is 5.49. The van der Waals surface area contributed by atoms with Gasteiger partial charge in [-0.15, -0.1) is 0 Å². The molecule has 0 radical (unpaired) electrons. The summed E-state index contributed by atoms with van der Waals surface area (Å²) >= 11 is 0. The van der Waals surface area contributed by atoms with Gasteiger partial charge in [0, 0.05) is 30.3 Å². The Balaban J connectivity index is 1.96. The Hall–Kier alpha value is -1.36. The highest BCUT2D eigenvalue weighted by atomic mass is 32.2. The Morgan fingerprint density at radius 1 is 1.22 bits per heavy atom. The zero-order valence-electron chi connectivity index (χ0n) is 10.0. The standard InChI is InChI=1S/C13H15NO3S/c15-13-5-7-14(10-6-8-18(16,17)9-10)12-4-2-1-3-11(12)13/h1-4,10H,5-9H2. The Bertz CT molecular complexity index is 594. The van der Waals surface area contributed by atoms with Gasteiger partial charge in [0.05, 0.1) is 11.5 Å². The van der Waals surface area contributed by atoms with Gasteiger partial charge in [0.25, 0.3) is 0 Å². The van der Waals surface area contributed by atoms with E-state index in [4.69, 9.17) is 0 Å². The van der Waals surface area contributed by atoms with E-state index in [1.165, 1.54) is 0 Å². The number of nitrogens with zero attached hydrogens (tertiary/aromatic N) is 1. The molecule has 4 nitrogen and oxygen atoms in total. The number of para-hydroxylation sites is 1. The highest BCUT2D eigenvalue weighted by Gasteiger charge is 2.35. The number of carbonyl (C=O) groups excluding carboxylic acids is 1. The van der Waals surface area contributed by atoms with Gasteiger partial charge in [-0.1, -0.05) is 12.1 Å². The third-order valence-electron chi connectivity index (χ3n) is 3.74. The first-order valence-electron chi connectivity index (χ1n) is 6.16. The molecule has 2 aliphatic rings. The number of sulfone groups is 1. The van der Waals surface area contributed by atoms with Crippen LogP contribution < -0.4 is 4.90 Å². The molecule has 3 rings (SSSR count). The van der Waals surface area contributed by atoms with E-state index in [9.17, 15) is 13.2 Å². The van der Waals surface area contributed by atoms with E-state index in [2.05, 4.69) is 4.90 Å². The molecule has 1 atom stereocenters. The highest BCUT2D eigenvalue weighted by molar-refractivity contribution is 7.91. The lowest BCUT2D eigenvalue weighted by Crippen LogP contribution is -2.41. The predicted molar refractivity (Wildman–Crippen MR) is 69.8 cm³/mol. The van der Waals surface area contributed by atoms with Crippen molar-refractivity contribution >= 4 is 21.3 Å². The van der Waals surface area contributed by atoms with Crippen molar-refractivity contribution in [1.82, 2.24) is 0 Å². The number of anilines is 1. The molecule has 1 aromatic carbocycles. The van der Waals surface area contributed by atoms with Crippen molar-refractivity contribution in [3.8, 4) is 0 Å². The number of hydrogen-bond acceptors (Lipinski definition) is 4. The second-order valence-electron chi connectivity index (χ2n) is 4.94. The van der Waals surface area contributed by atoms with E-state index in [-0.39, 0.29) is 23.3 Å². The Morgan fingerprint density at radius 2 is 2.00 bits per heavy atom. The summed E-state index contributed by atoms with van der Waals surface area (Å²) in [5.74, 6) is 0.641. The molecule has 2 heterocycles. The zero-order valence-corrected chi connectivity index (χ0v) is 10.8. The molecule has 96 valence electrons. The lowest BCUT2D eigenvalue weighted by atomic mass is 9.98. The number of fused-ring (bicyclic) bond motifs is 1. The number of benzene rings is 1. The predicted octanol–water partition coefficient (Wildman–Crippen LogP) is 1.27. The second kappa shape index (κ2) is 4.09. The van der Waals surface area contributed by atoms with Crippen LogP contribution in [0.2, 0.25) is 0 Å². The molecule has 1 unspecified atom stereocenters. The summed E-state index contributed by atoms with van der Waals surface area (Å²) in [6.07, 6.45) is 1.15. The van der Waals surface area contributed by atoms with Crippen LogP contribution in [-0.4, -0.2) is 38.3 Å². The van der Waals surface area contributed by atoms with Crippen LogP contribution in [0, 0.1) is 0 Å². The molecular formula is C13H15NO3S. The molecule has 0 saturated carbocycles. The van der Waals surface area contributed by atoms with Gasteiger partial charge in [0.2, 0.25) is 0 Å². The normalized spacial score (nSPS) is 26.1. The lowest BCUT2D eigenvalue weighted by Gasteiger charge is -2.34. The highest BCUT2D eigenvalue weighted by Crippen LogP contribution is 2.31. The summed E-state index contributed by atoms with van der Waals surface area (Å²) in [4.78, 5) is 13.9. The van der Waals surface area contributed by atoms with Gasteiger partial charge >= 0.3 is 0 Å². The third kappa shape index (κ3) is 1.92. The Morgan fingerprint density at radius 3 is 2.72 bits per heavy atom. The fourth-order valence-electron chi connectivity index (χ4n) is 2.84. The van der Waals surface area contributed by atoms with Gasteiger partial charge in [0.15, 0.2) is 15.6 Å². The molecule has 0 aliphatic carbocycles. The van der Waals surface area contributed by atoms with E-state index in [1.54, 1.807) is 0 Å². The fourth-order valence-corrected chi connectivity index (χ4v) is 4.57. The molecule has 1 fully saturated rings. The van der Waals surface area contributed by atoms with E-state index >= 15 is 0 Å². The lowest BCUT2D eigenvalue weighted by molar-refractivity contribution is 0.0979. The fraction of sp³-hybridized carbons (Fsp3) is 0.462. The van der Waals surface area contributed by atoms with Crippen LogP contribution in [0.4, 0.5) is 5.69 Å². The van der Waals surface area contributed by atoms with Crippen LogP contribution in [0.3, 0.4) is 0 Å². The largest absolute Gasteiger partial charge is 0.366 e. The minimum atomic E-state index is -2.89. The van der Waals surface area contributed by atoms with Gasteiger partial charge in [-0.05, 0) is 18.6 Å². The molecule has 1 saturated heterocycles. The number of hydrogen-bond donors (Lipinski definition) is 0. The van der Waals surface area contributed by atoms with Crippen molar-refractivity contribution in [2.45, 2.75) is 18.9 Å². The first-order valence-corrected chi connectivity index (χ1v) is 7.98. The minimum absolute atomic E-state index is 0.0317. The van der Waals surface area contributed by atoms with Gasteiger partial charge in [-0.25, -0.2) is 8.42 Å². The maximum atomic E-state index is 11.8. The Kier molecular flexibility index (Phi) is 2.66. The first kappa shape index (κ1) is 11.7.